The molecule has 0 unspecified atom stereocenters. The van der Waals surface area contributed by atoms with Gasteiger partial charge in [0.05, 0.1) is 5.69 Å². The molecule has 9 nitrogen and oxygen atoms in total. The van der Waals surface area contributed by atoms with E-state index in [-0.39, 0.29) is 12.1 Å². The summed E-state index contributed by atoms with van der Waals surface area (Å²) in [5, 5.41) is 17.7. The second-order valence-electron chi connectivity index (χ2n) is 6.38. The van der Waals surface area contributed by atoms with Crippen LogP contribution in [0.25, 0.3) is 0 Å². The predicted octanol–water partition coefficient (Wildman–Crippen LogP) is 2.03. The zero-order valence-corrected chi connectivity index (χ0v) is 14.2. The van der Waals surface area contributed by atoms with Crippen LogP contribution in [0.1, 0.15) is 50.0 Å². The second-order valence-corrected chi connectivity index (χ2v) is 6.38. The standard InChI is InChI=1S/C15H23N7O2/c1-9-6-4-5-7-12(9)17-15(23)18-14-10(2)22(21-19-14)8-13-16-11(3)24-20-13/h9,12H,4-8H2,1-3H3,(H2,17,18,23)/t9-,12+/m0/s1. The first-order valence-corrected chi connectivity index (χ1v) is 8.29. The van der Waals surface area contributed by atoms with Crippen molar-refractivity contribution in [2.45, 2.75) is 59.0 Å². The number of nitrogens with one attached hydrogen (secondary N) is 2. The fraction of sp³-hybridized carbons (Fsp3) is 0.667. The second kappa shape index (κ2) is 6.98. The molecule has 1 fully saturated rings. The van der Waals surface area contributed by atoms with E-state index in [2.05, 4.69) is 38.0 Å². The molecule has 1 saturated carbocycles. The van der Waals surface area contributed by atoms with E-state index in [4.69, 9.17) is 4.52 Å². The molecule has 2 heterocycles. The first-order valence-electron chi connectivity index (χ1n) is 8.29. The summed E-state index contributed by atoms with van der Waals surface area (Å²) in [4.78, 5) is 16.3. The van der Waals surface area contributed by atoms with Crippen molar-refractivity contribution >= 4 is 11.8 Å². The Kier molecular flexibility index (Phi) is 4.77. The summed E-state index contributed by atoms with van der Waals surface area (Å²) in [5.74, 6) is 1.97. The quantitative estimate of drug-likeness (QED) is 0.885. The van der Waals surface area contributed by atoms with E-state index in [0.717, 1.165) is 25.0 Å². The van der Waals surface area contributed by atoms with E-state index in [9.17, 15) is 4.79 Å². The third-order valence-corrected chi connectivity index (χ3v) is 4.50. The zero-order chi connectivity index (χ0) is 17.1. The lowest BCUT2D eigenvalue weighted by molar-refractivity contribution is 0.232. The molecule has 3 rings (SSSR count). The maximum Gasteiger partial charge on any atom is 0.320 e. The van der Waals surface area contributed by atoms with Crippen LogP contribution >= 0.6 is 0 Å². The minimum Gasteiger partial charge on any atom is -0.340 e. The molecule has 2 atom stereocenters. The number of urea groups is 1. The SMILES string of the molecule is Cc1nc(Cn2nnc(NC(=O)N[C@@H]3CCCC[C@@H]3C)c2C)no1. The number of carbonyl (C=O) groups excluding carboxylic acids is 1. The maximum atomic E-state index is 12.2. The van der Waals surface area contributed by atoms with Crippen molar-refractivity contribution in [3.63, 3.8) is 0 Å². The van der Waals surface area contributed by atoms with Gasteiger partial charge >= 0.3 is 6.03 Å². The molecule has 2 amide bonds. The van der Waals surface area contributed by atoms with Crippen LogP contribution < -0.4 is 10.6 Å². The van der Waals surface area contributed by atoms with E-state index in [1.807, 2.05) is 6.92 Å². The number of amides is 2. The van der Waals surface area contributed by atoms with E-state index < -0.39 is 0 Å². The molecule has 2 N–H and O–H groups in total. The number of hydrogen-bond acceptors (Lipinski definition) is 6. The molecule has 2 aromatic heterocycles. The number of rotatable bonds is 4. The van der Waals surface area contributed by atoms with Crippen LogP contribution in [0.2, 0.25) is 0 Å². The summed E-state index contributed by atoms with van der Waals surface area (Å²) in [7, 11) is 0. The molecule has 24 heavy (non-hydrogen) atoms. The Labute approximate surface area is 140 Å². The molecule has 0 saturated heterocycles. The van der Waals surface area contributed by atoms with E-state index in [1.165, 1.54) is 6.42 Å². The number of aryl methyl sites for hydroxylation is 1. The van der Waals surface area contributed by atoms with Gasteiger partial charge in [0, 0.05) is 13.0 Å². The molecule has 1 aliphatic carbocycles. The van der Waals surface area contributed by atoms with Gasteiger partial charge in [0.1, 0.15) is 6.54 Å². The zero-order valence-electron chi connectivity index (χ0n) is 14.2. The fourth-order valence-corrected chi connectivity index (χ4v) is 3.01. The minimum absolute atomic E-state index is 0.219. The Morgan fingerprint density at radius 2 is 2.12 bits per heavy atom. The van der Waals surface area contributed by atoms with Crippen LogP contribution in [0, 0.1) is 19.8 Å². The normalized spacial score (nSPS) is 20.8. The smallest absolute Gasteiger partial charge is 0.320 e. The van der Waals surface area contributed by atoms with Gasteiger partial charge in [-0.05, 0) is 25.7 Å². The number of hydrogen-bond donors (Lipinski definition) is 2. The van der Waals surface area contributed by atoms with Crippen LogP contribution in [-0.2, 0) is 6.54 Å². The molecule has 0 aliphatic heterocycles. The highest BCUT2D eigenvalue weighted by molar-refractivity contribution is 5.88. The number of anilines is 1. The molecule has 0 bridgehead atoms. The predicted molar refractivity (Wildman–Crippen MR) is 86.5 cm³/mol. The first-order chi connectivity index (χ1) is 11.5. The van der Waals surface area contributed by atoms with Crippen molar-refractivity contribution in [3.8, 4) is 0 Å². The lowest BCUT2D eigenvalue weighted by Gasteiger charge is -2.29. The third kappa shape index (κ3) is 3.72. The molecule has 2 aromatic rings. The maximum absolute atomic E-state index is 12.2. The van der Waals surface area contributed by atoms with Crippen molar-refractivity contribution in [1.82, 2.24) is 30.5 Å². The molecule has 1 aliphatic rings. The van der Waals surface area contributed by atoms with E-state index in [1.54, 1.807) is 11.6 Å². The van der Waals surface area contributed by atoms with Crippen molar-refractivity contribution in [1.29, 1.82) is 0 Å². The van der Waals surface area contributed by atoms with Crippen molar-refractivity contribution < 1.29 is 9.32 Å². The Hall–Kier alpha value is -2.45. The molecule has 9 heteroatoms. The van der Waals surface area contributed by atoms with Gasteiger partial charge in [-0.25, -0.2) is 9.48 Å². The van der Waals surface area contributed by atoms with Crippen LogP contribution in [-0.4, -0.2) is 37.2 Å². The van der Waals surface area contributed by atoms with Crippen LogP contribution in [0.4, 0.5) is 10.6 Å². The van der Waals surface area contributed by atoms with Gasteiger partial charge in [0.2, 0.25) is 5.89 Å². The van der Waals surface area contributed by atoms with E-state index in [0.29, 0.717) is 30.0 Å². The Morgan fingerprint density at radius 1 is 1.33 bits per heavy atom. The van der Waals surface area contributed by atoms with Gasteiger partial charge in [-0.15, -0.1) is 5.10 Å². The third-order valence-electron chi connectivity index (χ3n) is 4.50. The summed E-state index contributed by atoms with van der Waals surface area (Å²) in [6, 6.07) is -0.0179. The fourth-order valence-electron chi connectivity index (χ4n) is 3.01. The lowest BCUT2D eigenvalue weighted by atomic mass is 9.86. The van der Waals surface area contributed by atoms with E-state index >= 15 is 0 Å². The Morgan fingerprint density at radius 3 is 2.83 bits per heavy atom. The summed E-state index contributed by atoms with van der Waals surface area (Å²) in [5.41, 5.74) is 0.740. The van der Waals surface area contributed by atoms with Gasteiger partial charge < -0.3 is 9.84 Å². The topological polar surface area (TPSA) is 111 Å². The number of nitrogens with zero attached hydrogens (tertiary/aromatic N) is 5. The van der Waals surface area contributed by atoms with Gasteiger partial charge in [-0.2, -0.15) is 4.98 Å². The highest BCUT2D eigenvalue weighted by Gasteiger charge is 2.23. The monoisotopic (exact) mass is 333 g/mol. The molecule has 0 aromatic carbocycles. The highest BCUT2D eigenvalue weighted by atomic mass is 16.5. The molecule has 130 valence electrons. The average Bonchev–Trinajstić information content (AvgIpc) is 3.10. The van der Waals surface area contributed by atoms with Crippen molar-refractivity contribution in [3.05, 3.63) is 17.4 Å². The molecule has 0 spiro atoms. The number of aromatic nitrogens is 5. The van der Waals surface area contributed by atoms with Crippen molar-refractivity contribution in [2.75, 3.05) is 5.32 Å². The molecular weight excluding hydrogens is 310 g/mol. The molecular formula is C15H23N7O2. The Balaban J connectivity index is 1.60. The van der Waals surface area contributed by atoms with Gasteiger partial charge in [0.25, 0.3) is 0 Å². The lowest BCUT2D eigenvalue weighted by Crippen LogP contribution is -2.43. The summed E-state index contributed by atoms with van der Waals surface area (Å²) >= 11 is 0. The largest absolute Gasteiger partial charge is 0.340 e. The van der Waals surface area contributed by atoms with Gasteiger partial charge in [-0.1, -0.05) is 30.1 Å². The number of carbonyl (C=O) groups is 1. The molecule has 0 radical (unpaired) electrons. The van der Waals surface area contributed by atoms with Crippen LogP contribution in [0.5, 0.6) is 0 Å². The highest BCUT2D eigenvalue weighted by Crippen LogP contribution is 2.23. The Bertz CT molecular complexity index is 708. The van der Waals surface area contributed by atoms with Crippen LogP contribution in [0.15, 0.2) is 4.52 Å². The van der Waals surface area contributed by atoms with Gasteiger partial charge in [-0.3, -0.25) is 5.32 Å². The first kappa shape index (κ1) is 16.4. The minimum atomic E-state index is -0.237. The summed E-state index contributed by atoms with van der Waals surface area (Å²) in [6.45, 7) is 6.09. The van der Waals surface area contributed by atoms with Crippen molar-refractivity contribution in [2.24, 2.45) is 5.92 Å². The average molecular weight is 333 g/mol. The summed E-state index contributed by atoms with van der Waals surface area (Å²) in [6.07, 6.45) is 4.58. The summed E-state index contributed by atoms with van der Waals surface area (Å²) < 4.78 is 6.57. The van der Waals surface area contributed by atoms with Gasteiger partial charge in [0.15, 0.2) is 11.6 Å². The van der Waals surface area contributed by atoms with Crippen LogP contribution in [0.3, 0.4) is 0 Å².